The Kier molecular flexibility index (Phi) is 4.58. The maximum atomic E-state index is 11.0. The molecule has 0 bridgehead atoms. The van der Waals surface area contributed by atoms with Gasteiger partial charge < -0.3 is 9.84 Å². The number of ether oxygens (including phenoxy) is 1. The normalized spacial score (nSPS) is 10.3. The molecule has 1 N–H and O–H groups in total. The summed E-state index contributed by atoms with van der Waals surface area (Å²) >= 11 is 5.95. The van der Waals surface area contributed by atoms with E-state index in [-0.39, 0.29) is 5.56 Å². The van der Waals surface area contributed by atoms with Gasteiger partial charge in [-0.2, -0.15) is 0 Å². The average Bonchev–Trinajstić information content (AvgIpc) is 2.44. The molecule has 1 heterocycles. The molecule has 0 radical (unpaired) electrons. The maximum absolute atomic E-state index is 11.0. The molecule has 0 fully saturated rings. The van der Waals surface area contributed by atoms with E-state index in [2.05, 4.69) is 4.98 Å². The molecule has 0 aliphatic carbocycles. The monoisotopic (exact) mass is 291 g/mol. The smallest absolute Gasteiger partial charge is 0.335 e. The van der Waals surface area contributed by atoms with Gasteiger partial charge in [0.05, 0.1) is 18.4 Å². The fraction of sp³-hybridized carbons (Fsp3) is 0.200. The van der Waals surface area contributed by atoms with E-state index in [4.69, 9.17) is 21.4 Å². The van der Waals surface area contributed by atoms with E-state index in [1.54, 1.807) is 24.5 Å². The zero-order valence-corrected chi connectivity index (χ0v) is 11.7. The van der Waals surface area contributed by atoms with E-state index >= 15 is 0 Å². The molecule has 0 aliphatic heterocycles. The highest BCUT2D eigenvalue weighted by Crippen LogP contribution is 2.27. The van der Waals surface area contributed by atoms with E-state index in [1.165, 1.54) is 6.07 Å². The van der Waals surface area contributed by atoms with Crippen LogP contribution in [0.25, 0.3) is 11.1 Å². The summed E-state index contributed by atoms with van der Waals surface area (Å²) < 4.78 is 5.51. The molecule has 104 valence electrons. The minimum absolute atomic E-state index is 0.146. The molecule has 2 aromatic rings. The number of carboxylic acid groups (broad SMARTS) is 1. The van der Waals surface area contributed by atoms with Gasteiger partial charge in [-0.05, 0) is 36.2 Å². The molecule has 20 heavy (non-hydrogen) atoms. The second kappa shape index (κ2) is 6.39. The topological polar surface area (TPSA) is 59.4 Å². The van der Waals surface area contributed by atoms with E-state index in [9.17, 15) is 4.79 Å². The standard InChI is InChI=1S/C15H14ClNO3/c1-2-3-20-14-7-12(8-17-9-14)10-4-11(15(18)19)6-13(16)5-10/h4-9H,2-3H2,1H3,(H,18,19). The third-order valence-corrected chi connectivity index (χ3v) is 2.88. The van der Waals surface area contributed by atoms with E-state index in [1.807, 2.05) is 13.0 Å². The Morgan fingerprint density at radius 1 is 1.25 bits per heavy atom. The van der Waals surface area contributed by atoms with Gasteiger partial charge in [-0.15, -0.1) is 0 Å². The van der Waals surface area contributed by atoms with Crippen molar-refractivity contribution in [2.24, 2.45) is 0 Å². The van der Waals surface area contributed by atoms with Crippen molar-refractivity contribution in [1.29, 1.82) is 0 Å². The average molecular weight is 292 g/mol. The second-order valence-electron chi connectivity index (χ2n) is 4.29. The number of aromatic carboxylic acids is 1. The number of carboxylic acids is 1. The molecule has 5 heteroatoms. The zero-order valence-electron chi connectivity index (χ0n) is 11.0. The second-order valence-corrected chi connectivity index (χ2v) is 4.73. The van der Waals surface area contributed by atoms with Gasteiger partial charge in [-0.3, -0.25) is 4.98 Å². The highest BCUT2D eigenvalue weighted by atomic mass is 35.5. The van der Waals surface area contributed by atoms with Crippen LogP contribution in [0.3, 0.4) is 0 Å². The molecule has 4 nitrogen and oxygen atoms in total. The summed E-state index contributed by atoms with van der Waals surface area (Å²) in [6.07, 6.45) is 4.18. The largest absolute Gasteiger partial charge is 0.492 e. The number of nitrogens with zero attached hydrogens (tertiary/aromatic N) is 1. The van der Waals surface area contributed by atoms with Crippen LogP contribution < -0.4 is 4.74 Å². The molecule has 0 spiro atoms. The lowest BCUT2D eigenvalue weighted by atomic mass is 10.0. The summed E-state index contributed by atoms with van der Waals surface area (Å²) in [5.41, 5.74) is 1.61. The zero-order chi connectivity index (χ0) is 14.5. The Labute approximate surface area is 122 Å². The quantitative estimate of drug-likeness (QED) is 0.908. The lowest BCUT2D eigenvalue weighted by Crippen LogP contribution is -1.97. The number of rotatable bonds is 5. The van der Waals surface area contributed by atoms with Crippen LogP contribution in [0.1, 0.15) is 23.7 Å². The molecule has 0 unspecified atom stereocenters. The predicted molar refractivity (Wildman–Crippen MR) is 77.4 cm³/mol. The van der Waals surface area contributed by atoms with Crippen molar-refractivity contribution in [2.45, 2.75) is 13.3 Å². The lowest BCUT2D eigenvalue weighted by molar-refractivity contribution is 0.0697. The molecular formula is C15H14ClNO3. The van der Waals surface area contributed by atoms with Crippen LogP contribution in [0.15, 0.2) is 36.7 Å². The van der Waals surface area contributed by atoms with Crippen LogP contribution in [-0.4, -0.2) is 22.7 Å². The fourth-order valence-electron chi connectivity index (χ4n) is 1.76. The van der Waals surface area contributed by atoms with Crippen molar-refractivity contribution in [3.63, 3.8) is 0 Å². The number of carbonyl (C=O) groups is 1. The van der Waals surface area contributed by atoms with Gasteiger partial charge in [0.25, 0.3) is 0 Å². The molecule has 0 saturated carbocycles. The first-order chi connectivity index (χ1) is 9.60. The fourth-order valence-corrected chi connectivity index (χ4v) is 1.99. The summed E-state index contributed by atoms with van der Waals surface area (Å²) in [5.74, 6) is -0.360. The summed E-state index contributed by atoms with van der Waals surface area (Å²) in [6, 6.07) is 6.50. The summed E-state index contributed by atoms with van der Waals surface area (Å²) in [4.78, 5) is 15.1. The van der Waals surface area contributed by atoms with Crippen LogP contribution in [0.5, 0.6) is 5.75 Å². The van der Waals surface area contributed by atoms with Gasteiger partial charge >= 0.3 is 5.97 Å². The minimum Gasteiger partial charge on any atom is -0.492 e. The summed E-state index contributed by atoms with van der Waals surface area (Å²) in [7, 11) is 0. The van der Waals surface area contributed by atoms with Crippen molar-refractivity contribution >= 4 is 17.6 Å². The van der Waals surface area contributed by atoms with Gasteiger partial charge in [0.2, 0.25) is 0 Å². The number of hydrogen-bond donors (Lipinski definition) is 1. The Bertz CT molecular complexity index is 628. The van der Waals surface area contributed by atoms with Crippen LogP contribution in [-0.2, 0) is 0 Å². The lowest BCUT2D eigenvalue weighted by Gasteiger charge is -2.08. The molecule has 0 amide bonds. The number of pyridine rings is 1. The predicted octanol–water partition coefficient (Wildman–Crippen LogP) is 3.89. The van der Waals surface area contributed by atoms with Crippen LogP contribution >= 0.6 is 11.6 Å². The van der Waals surface area contributed by atoms with Crippen LogP contribution in [0.2, 0.25) is 5.02 Å². The summed E-state index contributed by atoms with van der Waals surface area (Å²) in [5, 5.41) is 9.43. The van der Waals surface area contributed by atoms with Crippen LogP contribution in [0, 0.1) is 0 Å². The highest BCUT2D eigenvalue weighted by molar-refractivity contribution is 6.31. The first-order valence-electron chi connectivity index (χ1n) is 6.22. The molecule has 1 aromatic heterocycles. The molecule has 0 saturated heterocycles. The SMILES string of the molecule is CCCOc1cncc(-c2cc(Cl)cc(C(=O)O)c2)c1. The summed E-state index contributed by atoms with van der Waals surface area (Å²) in [6.45, 7) is 2.63. The number of halogens is 1. The molecule has 2 rings (SSSR count). The van der Waals surface area contributed by atoms with E-state index in [0.29, 0.717) is 22.9 Å². The first-order valence-corrected chi connectivity index (χ1v) is 6.60. The Hall–Kier alpha value is -2.07. The van der Waals surface area contributed by atoms with E-state index < -0.39 is 5.97 Å². The van der Waals surface area contributed by atoms with Crippen molar-refractivity contribution in [3.8, 4) is 16.9 Å². The highest BCUT2D eigenvalue weighted by Gasteiger charge is 2.08. The first kappa shape index (κ1) is 14.3. The Morgan fingerprint density at radius 3 is 2.75 bits per heavy atom. The van der Waals surface area contributed by atoms with Crippen molar-refractivity contribution in [1.82, 2.24) is 4.98 Å². The van der Waals surface area contributed by atoms with Crippen molar-refractivity contribution in [2.75, 3.05) is 6.61 Å². The molecule has 0 atom stereocenters. The van der Waals surface area contributed by atoms with Crippen molar-refractivity contribution in [3.05, 3.63) is 47.2 Å². The number of hydrogen-bond acceptors (Lipinski definition) is 3. The molecular weight excluding hydrogens is 278 g/mol. The van der Waals surface area contributed by atoms with Crippen LogP contribution in [0.4, 0.5) is 0 Å². The minimum atomic E-state index is -1.01. The van der Waals surface area contributed by atoms with E-state index in [0.717, 1.165) is 12.0 Å². The Morgan fingerprint density at radius 2 is 2.05 bits per heavy atom. The third kappa shape index (κ3) is 3.48. The van der Waals surface area contributed by atoms with Gasteiger partial charge in [0.15, 0.2) is 0 Å². The van der Waals surface area contributed by atoms with Gasteiger partial charge in [0.1, 0.15) is 5.75 Å². The van der Waals surface area contributed by atoms with Gasteiger partial charge in [0, 0.05) is 16.8 Å². The van der Waals surface area contributed by atoms with Gasteiger partial charge in [-0.25, -0.2) is 4.79 Å². The molecule has 0 aliphatic rings. The van der Waals surface area contributed by atoms with Gasteiger partial charge in [-0.1, -0.05) is 18.5 Å². The number of benzene rings is 1. The third-order valence-electron chi connectivity index (χ3n) is 2.66. The maximum Gasteiger partial charge on any atom is 0.335 e. The van der Waals surface area contributed by atoms with Crippen molar-refractivity contribution < 1.29 is 14.6 Å². The number of aromatic nitrogens is 1. The Balaban J connectivity index is 2.38. The molecule has 1 aromatic carbocycles.